The highest BCUT2D eigenvalue weighted by atomic mass is 19.3. The fraction of sp³-hybridized carbons (Fsp3) is 0.562. The lowest BCUT2D eigenvalue weighted by Gasteiger charge is -2.23. The summed E-state index contributed by atoms with van der Waals surface area (Å²) in [6, 6.07) is 8.51. The quantitative estimate of drug-likeness (QED) is 0.738. The molecule has 0 atom stereocenters. The first-order valence-corrected chi connectivity index (χ1v) is 6.99. The van der Waals surface area contributed by atoms with E-state index in [2.05, 4.69) is 0 Å². The fourth-order valence-corrected chi connectivity index (χ4v) is 2.79. The molecule has 102 valence electrons. The SMILES string of the molecule is N#CCCC(F)(F)c1ccc(C2CCCCC2)cc1. The van der Waals surface area contributed by atoms with Gasteiger partial charge in [-0.25, -0.2) is 8.78 Å². The Morgan fingerprint density at radius 2 is 1.74 bits per heavy atom. The minimum absolute atomic E-state index is 0.0299. The van der Waals surface area contributed by atoms with Gasteiger partial charge in [0.25, 0.3) is 5.92 Å². The Labute approximate surface area is 113 Å². The third-order valence-corrected chi connectivity index (χ3v) is 3.96. The third kappa shape index (κ3) is 3.53. The minimum atomic E-state index is -2.89. The van der Waals surface area contributed by atoms with Crippen molar-refractivity contribution in [3.05, 3.63) is 35.4 Å². The predicted molar refractivity (Wildman–Crippen MR) is 71.0 cm³/mol. The average Bonchev–Trinajstić information content (AvgIpc) is 2.46. The van der Waals surface area contributed by atoms with Gasteiger partial charge in [0, 0.05) is 18.4 Å². The van der Waals surface area contributed by atoms with Gasteiger partial charge in [0.15, 0.2) is 0 Å². The van der Waals surface area contributed by atoms with Crippen LogP contribution >= 0.6 is 0 Å². The Hall–Kier alpha value is -1.43. The van der Waals surface area contributed by atoms with Gasteiger partial charge >= 0.3 is 0 Å². The first-order valence-electron chi connectivity index (χ1n) is 6.99. The van der Waals surface area contributed by atoms with E-state index in [-0.39, 0.29) is 12.0 Å². The first kappa shape index (κ1) is 14.0. The predicted octanol–water partition coefficient (Wildman–Crippen LogP) is 5.13. The number of nitrogens with zero attached hydrogens (tertiary/aromatic N) is 1. The summed E-state index contributed by atoms with van der Waals surface area (Å²) in [5, 5.41) is 8.41. The van der Waals surface area contributed by atoms with Gasteiger partial charge < -0.3 is 0 Å². The summed E-state index contributed by atoms with van der Waals surface area (Å²) in [5.74, 6) is -2.35. The molecule has 0 bridgehead atoms. The third-order valence-electron chi connectivity index (χ3n) is 3.96. The number of alkyl halides is 2. The second kappa shape index (κ2) is 6.14. The molecule has 1 aromatic carbocycles. The van der Waals surface area contributed by atoms with Crippen LogP contribution in [0.4, 0.5) is 8.78 Å². The van der Waals surface area contributed by atoms with Crippen molar-refractivity contribution in [2.45, 2.75) is 56.8 Å². The van der Waals surface area contributed by atoms with Crippen LogP contribution in [0.2, 0.25) is 0 Å². The lowest BCUT2D eigenvalue weighted by molar-refractivity contribution is -0.0119. The van der Waals surface area contributed by atoms with Gasteiger partial charge in [-0.3, -0.25) is 0 Å². The van der Waals surface area contributed by atoms with Gasteiger partial charge in [0.1, 0.15) is 0 Å². The highest BCUT2D eigenvalue weighted by molar-refractivity contribution is 5.28. The number of benzene rings is 1. The van der Waals surface area contributed by atoms with E-state index in [0.29, 0.717) is 5.92 Å². The first-order chi connectivity index (χ1) is 9.13. The van der Waals surface area contributed by atoms with Crippen LogP contribution in [0.25, 0.3) is 0 Å². The summed E-state index contributed by atoms with van der Waals surface area (Å²) in [7, 11) is 0. The Morgan fingerprint density at radius 1 is 1.11 bits per heavy atom. The summed E-state index contributed by atoms with van der Waals surface area (Å²) in [5.41, 5.74) is 1.21. The Balaban J connectivity index is 2.07. The molecule has 0 saturated heterocycles. The van der Waals surface area contributed by atoms with Crippen molar-refractivity contribution in [1.29, 1.82) is 5.26 Å². The van der Waals surface area contributed by atoms with Crippen molar-refractivity contribution in [2.24, 2.45) is 0 Å². The number of nitriles is 1. The molecule has 1 saturated carbocycles. The van der Waals surface area contributed by atoms with Crippen LogP contribution in [-0.4, -0.2) is 0 Å². The van der Waals surface area contributed by atoms with Gasteiger partial charge in [-0.2, -0.15) is 5.26 Å². The molecule has 0 heterocycles. The molecule has 0 N–H and O–H groups in total. The number of hydrogen-bond acceptors (Lipinski definition) is 1. The van der Waals surface area contributed by atoms with Crippen LogP contribution in [0.3, 0.4) is 0 Å². The Bertz CT molecular complexity index is 439. The smallest absolute Gasteiger partial charge is 0.201 e. The Kier molecular flexibility index (Phi) is 4.52. The summed E-state index contributed by atoms with van der Waals surface area (Å²) in [4.78, 5) is 0. The van der Waals surface area contributed by atoms with Crippen LogP contribution in [0.5, 0.6) is 0 Å². The van der Waals surface area contributed by atoms with Crippen molar-refractivity contribution < 1.29 is 8.78 Å². The van der Waals surface area contributed by atoms with Crippen molar-refractivity contribution in [3.63, 3.8) is 0 Å². The second-order valence-corrected chi connectivity index (χ2v) is 5.32. The Morgan fingerprint density at radius 3 is 2.32 bits per heavy atom. The van der Waals surface area contributed by atoms with Crippen molar-refractivity contribution >= 4 is 0 Å². The van der Waals surface area contributed by atoms with E-state index in [1.165, 1.54) is 49.8 Å². The zero-order chi connectivity index (χ0) is 13.7. The number of hydrogen-bond donors (Lipinski definition) is 0. The number of rotatable bonds is 4. The average molecular weight is 263 g/mol. The van der Waals surface area contributed by atoms with Crippen molar-refractivity contribution in [1.82, 2.24) is 0 Å². The maximum atomic E-state index is 13.8. The monoisotopic (exact) mass is 263 g/mol. The molecule has 3 heteroatoms. The van der Waals surface area contributed by atoms with E-state index in [1.807, 2.05) is 12.1 Å². The molecule has 1 nitrogen and oxygen atoms in total. The molecule has 0 spiro atoms. The lowest BCUT2D eigenvalue weighted by atomic mass is 9.83. The summed E-state index contributed by atoms with van der Waals surface area (Å²) in [6.45, 7) is 0. The molecule has 1 fully saturated rings. The van der Waals surface area contributed by atoms with Crippen LogP contribution in [0.1, 0.15) is 62.0 Å². The minimum Gasteiger partial charge on any atom is -0.201 e. The van der Waals surface area contributed by atoms with Crippen LogP contribution in [0.15, 0.2) is 24.3 Å². The van der Waals surface area contributed by atoms with E-state index >= 15 is 0 Å². The van der Waals surface area contributed by atoms with Gasteiger partial charge in [-0.1, -0.05) is 43.5 Å². The molecule has 2 rings (SSSR count). The second-order valence-electron chi connectivity index (χ2n) is 5.32. The molecule has 19 heavy (non-hydrogen) atoms. The molecular formula is C16H19F2N. The molecular weight excluding hydrogens is 244 g/mol. The van der Waals surface area contributed by atoms with E-state index in [9.17, 15) is 8.78 Å². The summed E-state index contributed by atoms with van der Waals surface area (Å²) in [6.07, 6.45) is 5.61. The van der Waals surface area contributed by atoms with E-state index in [1.54, 1.807) is 6.07 Å². The number of halogens is 2. The molecule has 1 aromatic rings. The molecule has 0 aliphatic heterocycles. The van der Waals surface area contributed by atoms with Gasteiger partial charge in [-0.15, -0.1) is 0 Å². The normalized spacial score (nSPS) is 17.1. The molecule has 0 unspecified atom stereocenters. The van der Waals surface area contributed by atoms with E-state index < -0.39 is 12.3 Å². The zero-order valence-electron chi connectivity index (χ0n) is 11.0. The summed E-state index contributed by atoms with van der Waals surface area (Å²) >= 11 is 0. The standard InChI is InChI=1S/C16H19F2N/c17-16(18,11-4-12-19)15-9-7-14(8-10-15)13-5-2-1-3-6-13/h7-10,13H,1-6,11H2. The highest BCUT2D eigenvalue weighted by Gasteiger charge is 2.30. The van der Waals surface area contributed by atoms with E-state index in [0.717, 1.165) is 0 Å². The van der Waals surface area contributed by atoms with Crippen molar-refractivity contribution in [2.75, 3.05) is 0 Å². The van der Waals surface area contributed by atoms with Crippen LogP contribution in [-0.2, 0) is 5.92 Å². The fourth-order valence-electron chi connectivity index (χ4n) is 2.79. The topological polar surface area (TPSA) is 23.8 Å². The van der Waals surface area contributed by atoms with Gasteiger partial charge in [-0.05, 0) is 24.3 Å². The zero-order valence-corrected chi connectivity index (χ0v) is 11.0. The molecule has 0 amide bonds. The molecule has 0 radical (unpaired) electrons. The molecule has 0 aromatic heterocycles. The van der Waals surface area contributed by atoms with Gasteiger partial charge in [0.2, 0.25) is 0 Å². The van der Waals surface area contributed by atoms with Crippen molar-refractivity contribution in [3.8, 4) is 6.07 Å². The molecule has 1 aliphatic rings. The maximum Gasteiger partial charge on any atom is 0.274 e. The largest absolute Gasteiger partial charge is 0.274 e. The maximum absolute atomic E-state index is 13.8. The van der Waals surface area contributed by atoms with Crippen LogP contribution < -0.4 is 0 Å². The molecule has 1 aliphatic carbocycles. The summed E-state index contributed by atoms with van der Waals surface area (Å²) < 4.78 is 27.5. The van der Waals surface area contributed by atoms with Crippen LogP contribution in [0, 0.1) is 11.3 Å². The van der Waals surface area contributed by atoms with E-state index in [4.69, 9.17) is 5.26 Å². The highest BCUT2D eigenvalue weighted by Crippen LogP contribution is 2.36. The lowest BCUT2D eigenvalue weighted by Crippen LogP contribution is -2.13. The van der Waals surface area contributed by atoms with Gasteiger partial charge in [0.05, 0.1) is 6.07 Å².